The summed E-state index contributed by atoms with van der Waals surface area (Å²) in [6.07, 6.45) is 0. The Morgan fingerprint density at radius 3 is 2.61 bits per heavy atom. The summed E-state index contributed by atoms with van der Waals surface area (Å²) >= 11 is 0. The van der Waals surface area contributed by atoms with Crippen molar-refractivity contribution in [3.63, 3.8) is 0 Å². The predicted octanol–water partition coefficient (Wildman–Crippen LogP) is 3.45. The van der Waals surface area contributed by atoms with E-state index in [-0.39, 0.29) is 5.75 Å². The molecule has 0 fully saturated rings. The van der Waals surface area contributed by atoms with Gasteiger partial charge in [0.15, 0.2) is 0 Å². The third-order valence-electron chi connectivity index (χ3n) is 3.26. The van der Waals surface area contributed by atoms with Crippen molar-refractivity contribution >= 4 is 11.0 Å². The number of furan rings is 1. The molecule has 2 N–H and O–H groups in total. The zero-order chi connectivity index (χ0) is 12.9. The van der Waals surface area contributed by atoms with Gasteiger partial charge in [0, 0.05) is 11.6 Å². The molecule has 0 aliphatic rings. The van der Waals surface area contributed by atoms with E-state index in [1.54, 1.807) is 18.2 Å². The Balaban J connectivity index is 2.25. The van der Waals surface area contributed by atoms with Crippen LogP contribution in [-0.2, 0) is 0 Å². The van der Waals surface area contributed by atoms with Gasteiger partial charge in [0.05, 0.1) is 16.6 Å². The lowest BCUT2D eigenvalue weighted by molar-refractivity contribution is 0.476. The van der Waals surface area contributed by atoms with E-state index in [1.807, 2.05) is 20.8 Å². The molecule has 0 saturated heterocycles. The second-order valence-corrected chi connectivity index (χ2v) is 4.50. The van der Waals surface area contributed by atoms with Gasteiger partial charge >= 0.3 is 0 Å². The summed E-state index contributed by atoms with van der Waals surface area (Å²) in [6, 6.07) is 5.10. The smallest absolute Gasteiger partial charge is 0.142 e. The molecule has 0 bridgehead atoms. The minimum atomic E-state index is 0.231. The van der Waals surface area contributed by atoms with Gasteiger partial charge in [-0.05, 0) is 32.9 Å². The number of aromatic hydroxyl groups is 1. The normalized spacial score (nSPS) is 11.3. The number of hydrogen-bond acceptors (Lipinski definition) is 3. The molecule has 0 aliphatic heterocycles. The molecule has 3 aromatic rings. The van der Waals surface area contributed by atoms with Gasteiger partial charge < -0.3 is 14.5 Å². The molecule has 92 valence electrons. The Hall–Kier alpha value is -2.23. The standard InChI is InChI=1S/C14H14N2O2/c1-7-8(2)18-9(3)13(7)14-15-11-5-4-10(17)6-12(11)16-14/h4-6,17H,1-3H3,(H,15,16). The Kier molecular flexibility index (Phi) is 2.20. The molecule has 0 amide bonds. The van der Waals surface area contributed by atoms with Gasteiger partial charge in [0.1, 0.15) is 23.1 Å². The van der Waals surface area contributed by atoms with Crippen LogP contribution in [0.25, 0.3) is 22.4 Å². The number of imidazole rings is 1. The fraction of sp³-hybridized carbons (Fsp3) is 0.214. The molecular weight excluding hydrogens is 228 g/mol. The summed E-state index contributed by atoms with van der Waals surface area (Å²) in [5, 5.41) is 9.46. The molecule has 0 atom stereocenters. The van der Waals surface area contributed by atoms with Gasteiger partial charge in [-0.25, -0.2) is 4.98 Å². The molecule has 3 rings (SSSR count). The van der Waals surface area contributed by atoms with Crippen LogP contribution in [-0.4, -0.2) is 15.1 Å². The number of phenols is 1. The molecule has 0 spiro atoms. The molecule has 0 unspecified atom stereocenters. The number of nitrogens with zero attached hydrogens (tertiary/aromatic N) is 1. The SMILES string of the molecule is Cc1oc(C)c(-c2nc3ccc(O)cc3[nH]2)c1C. The maximum atomic E-state index is 9.46. The van der Waals surface area contributed by atoms with E-state index in [4.69, 9.17) is 4.42 Å². The second-order valence-electron chi connectivity index (χ2n) is 4.50. The van der Waals surface area contributed by atoms with Gasteiger partial charge in [0.2, 0.25) is 0 Å². The number of phenolic OH excluding ortho intramolecular Hbond substituents is 1. The van der Waals surface area contributed by atoms with Gasteiger partial charge in [0.25, 0.3) is 0 Å². The maximum absolute atomic E-state index is 9.46. The maximum Gasteiger partial charge on any atom is 0.142 e. The largest absolute Gasteiger partial charge is 0.508 e. The third kappa shape index (κ3) is 1.49. The van der Waals surface area contributed by atoms with Crippen LogP contribution in [0.5, 0.6) is 5.75 Å². The predicted molar refractivity (Wildman–Crippen MR) is 69.7 cm³/mol. The van der Waals surface area contributed by atoms with Gasteiger partial charge in [-0.2, -0.15) is 0 Å². The summed E-state index contributed by atoms with van der Waals surface area (Å²) in [4.78, 5) is 7.75. The highest BCUT2D eigenvalue weighted by Crippen LogP contribution is 2.31. The fourth-order valence-corrected chi connectivity index (χ4v) is 2.26. The van der Waals surface area contributed by atoms with Crippen molar-refractivity contribution in [2.75, 3.05) is 0 Å². The summed E-state index contributed by atoms with van der Waals surface area (Å²) in [6.45, 7) is 5.89. The Bertz CT molecular complexity index is 738. The Morgan fingerprint density at radius 2 is 1.94 bits per heavy atom. The van der Waals surface area contributed by atoms with E-state index in [0.29, 0.717) is 0 Å². The summed E-state index contributed by atoms with van der Waals surface area (Å²) in [7, 11) is 0. The lowest BCUT2D eigenvalue weighted by Crippen LogP contribution is -1.83. The first-order chi connectivity index (χ1) is 8.56. The zero-order valence-electron chi connectivity index (χ0n) is 10.5. The number of H-pyrrole nitrogens is 1. The number of benzene rings is 1. The zero-order valence-corrected chi connectivity index (χ0v) is 10.5. The van der Waals surface area contributed by atoms with Gasteiger partial charge in [-0.1, -0.05) is 0 Å². The van der Waals surface area contributed by atoms with Crippen LogP contribution in [0.4, 0.5) is 0 Å². The van der Waals surface area contributed by atoms with E-state index in [1.165, 1.54) is 0 Å². The molecule has 2 aromatic heterocycles. The highest BCUT2D eigenvalue weighted by atomic mass is 16.3. The second kappa shape index (κ2) is 3.63. The number of fused-ring (bicyclic) bond motifs is 1. The molecule has 0 aliphatic carbocycles. The number of rotatable bonds is 1. The molecule has 18 heavy (non-hydrogen) atoms. The average Bonchev–Trinajstić information content (AvgIpc) is 2.80. The molecule has 2 heterocycles. The third-order valence-corrected chi connectivity index (χ3v) is 3.26. The topological polar surface area (TPSA) is 62.1 Å². The first kappa shape index (κ1) is 10.9. The van der Waals surface area contributed by atoms with Crippen molar-refractivity contribution in [2.45, 2.75) is 20.8 Å². The molecule has 1 aromatic carbocycles. The number of aromatic nitrogens is 2. The molecular formula is C14H14N2O2. The highest BCUT2D eigenvalue weighted by Gasteiger charge is 2.16. The first-order valence-electron chi connectivity index (χ1n) is 5.82. The van der Waals surface area contributed by atoms with E-state index in [0.717, 1.165) is 39.5 Å². The average molecular weight is 242 g/mol. The van der Waals surface area contributed by atoms with Crippen LogP contribution in [0.2, 0.25) is 0 Å². The molecule has 4 heteroatoms. The van der Waals surface area contributed by atoms with Crippen LogP contribution in [0.15, 0.2) is 22.6 Å². The Morgan fingerprint density at radius 1 is 1.17 bits per heavy atom. The van der Waals surface area contributed by atoms with Crippen molar-refractivity contribution in [1.29, 1.82) is 0 Å². The number of aromatic amines is 1. The van der Waals surface area contributed by atoms with Crippen molar-refractivity contribution < 1.29 is 9.52 Å². The van der Waals surface area contributed by atoms with Crippen molar-refractivity contribution in [2.24, 2.45) is 0 Å². The minimum absolute atomic E-state index is 0.231. The molecule has 4 nitrogen and oxygen atoms in total. The Labute approximate surface area is 104 Å². The van der Waals surface area contributed by atoms with Gasteiger partial charge in [-0.3, -0.25) is 0 Å². The van der Waals surface area contributed by atoms with Crippen LogP contribution in [0.3, 0.4) is 0 Å². The first-order valence-corrected chi connectivity index (χ1v) is 5.82. The number of hydrogen-bond donors (Lipinski definition) is 2. The number of aryl methyl sites for hydroxylation is 2. The highest BCUT2D eigenvalue weighted by molar-refractivity contribution is 5.81. The quantitative estimate of drug-likeness (QED) is 0.687. The van der Waals surface area contributed by atoms with Crippen LogP contribution < -0.4 is 0 Å². The van der Waals surface area contributed by atoms with Crippen molar-refractivity contribution in [1.82, 2.24) is 9.97 Å². The van der Waals surface area contributed by atoms with Crippen LogP contribution >= 0.6 is 0 Å². The summed E-state index contributed by atoms with van der Waals surface area (Å²) in [5.41, 5.74) is 3.75. The monoisotopic (exact) mass is 242 g/mol. The fourth-order valence-electron chi connectivity index (χ4n) is 2.26. The number of nitrogens with one attached hydrogen (secondary N) is 1. The van der Waals surface area contributed by atoms with E-state index in [2.05, 4.69) is 9.97 Å². The van der Waals surface area contributed by atoms with E-state index >= 15 is 0 Å². The van der Waals surface area contributed by atoms with Crippen LogP contribution in [0.1, 0.15) is 17.1 Å². The molecule has 0 saturated carbocycles. The summed E-state index contributed by atoms with van der Waals surface area (Å²) < 4.78 is 5.61. The molecule has 0 radical (unpaired) electrons. The minimum Gasteiger partial charge on any atom is -0.508 e. The van der Waals surface area contributed by atoms with E-state index in [9.17, 15) is 5.11 Å². The van der Waals surface area contributed by atoms with Crippen molar-refractivity contribution in [3.05, 3.63) is 35.3 Å². The van der Waals surface area contributed by atoms with Crippen LogP contribution in [0, 0.1) is 20.8 Å². The summed E-state index contributed by atoms with van der Waals surface area (Å²) in [5.74, 6) is 2.77. The van der Waals surface area contributed by atoms with E-state index < -0.39 is 0 Å². The van der Waals surface area contributed by atoms with Crippen molar-refractivity contribution in [3.8, 4) is 17.1 Å². The lowest BCUT2D eigenvalue weighted by atomic mass is 10.1. The lowest BCUT2D eigenvalue weighted by Gasteiger charge is -1.95. The van der Waals surface area contributed by atoms with Gasteiger partial charge in [-0.15, -0.1) is 0 Å².